The first kappa shape index (κ1) is 17.0. The Balaban J connectivity index is 1.67. The standard InChI is InChI=1S/C17H18BrN3O2S/c1-11-6-7-12-4-2-3-5-14(12)21(11)16(22)9-23-20-17(19)15-8-13(18)10-24-15/h2-5,8,10-11H,6-7,9H2,1H3,(H2,19,20). The number of amides is 1. The SMILES string of the molecule is CC1CCc2ccccc2N1C(=O)CO/N=C(\N)c1cc(Br)cs1. The molecular weight excluding hydrogens is 390 g/mol. The number of thiophene rings is 1. The first-order chi connectivity index (χ1) is 11.6. The van der Waals surface area contributed by atoms with Gasteiger partial charge in [0.2, 0.25) is 0 Å². The van der Waals surface area contributed by atoms with E-state index in [1.54, 1.807) is 4.90 Å². The second-order valence-electron chi connectivity index (χ2n) is 5.66. The fraction of sp³-hybridized carbons (Fsp3) is 0.294. The highest BCUT2D eigenvalue weighted by Gasteiger charge is 2.28. The number of nitrogens with zero attached hydrogens (tertiary/aromatic N) is 2. The number of nitrogens with two attached hydrogens (primary N) is 1. The lowest BCUT2D eigenvalue weighted by molar-refractivity contribution is -0.123. The van der Waals surface area contributed by atoms with E-state index in [9.17, 15) is 4.79 Å². The molecule has 24 heavy (non-hydrogen) atoms. The minimum Gasteiger partial charge on any atom is -0.384 e. The number of halogens is 1. The van der Waals surface area contributed by atoms with Gasteiger partial charge in [-0.25, -0.2) is 0 Å². The molecule has 0 aliphatic carbocycles. The molecule has 126 valence electrons. The van der Waals surface area contributed by atoms with Gasteiger partial charge in [0.15, 0.2) is 12.4 Å². The van der Waals surface area contributed by atoms with Crippen LogP contribution in [0.15, 0.2) is 45.3 Å². The number of anilines is 1. The van der Waals surface area contributed by atoms with Gasteiger partial charge < -0.3 is 15.5 Å². The van der Waals surface area contributed by atoms with Crippen LogP contribution < -0.4 is 10.6 Å². The fourth-order valence-corrected chi connectivity index (χ4v) is 4.11. The number of carbonyl (C=O) groups excluding carboxylic acids is 1. The van der Waals surface area contributed by atoms with Crippen LogP contribution in [-0.2, 0) is 16.1 Å². The van der Waals surface area contributed by atoms with Gasteiger partial charge in [0.1, 0.15) is 0 Å². The second-order valence-corrected chi connectivity index (χ2v) is 7.49. The van der Waals surface area contributed by atoms with Crippen LogP contribution >= 0.6 is 27.3 Å². The predicted octanol–water partition coefficient (Wildman–Crippen LogP) is 3.52. The largest absolute Gasteiger partial charge is 0.384 e. The van der Waals surface area contributed by atoms with Gasteiger partial charge in [0.05, 0.1) is 4.88 Å². The van der Waals surface area contributed by atoms with Gasteiger partial charge in [-0.2, -0.15) is 0 Å². The number of benzene rings is 1. The van der Waals surface area contributed by atoms with Crippen LogP contribution in [0, 0.1) is 0 Å². The Bertz CT molecular complexity index is 775. The Morgan fingerprint density at radius 1 is 1.50 bits per heavy atom. The molecule has 2 heterocycles. The van der Waals surface area contributed by atoms with Crippen molar-refractivity contribution in [1.82, 2.24) is 0 Å². The first-order valence-corrected chi connectivity index (χ1v) is 9.33. The number of rotatable bonds is 4. The maximum atomic E-state index is 12.6. The average Bonchev–Trinajstić information content (AvgIpc) is 3.01. The summed E-state index contributed by atoms with van der Waals surface area (Å²) in [5.74, 6) is 0.157. The fourth-order valence-electron chi connectivity index (χ4n) is 2.79. The maximum absolute atomic E-state index is 12.6. The molecule has 7 heteroatoms. The van der Waals surface area contributed by atoms with E-state index in [2.05, 4.69) is 34.1 Å². The number of para-hydroxylation sites is 1. The summed E-state index contributed by atoms with van der Waals surface area (Å²) in [7, 11) is 0. The van der Waals surface area contributed by atoms with E-state index in [1.165, 1.54) is 16.9 Å². The summed E-state index contributed by atoms with van der Waals surface area (Å²) in [5, 5.41) is 5.77. The molecule has 5 nitrogen and oxygen atoms in total. The van der Waals surface area contributed by atoms with Crippen molar-refractivity contribution >= 4 is 44.7 Å². The van der Waals surface area contributed by atoms with Crippen molar-refractivity contribution in [2.75, 3.05) is 11.5 Å². The van der Waals surface area contributed by atoms with E-state index in [0.29, 0.717) is 0 Å². The van der Waals surface area contributed by atoms with E-state index in [1.807, 2.05) is 29.6 Å². The number of hydrogen-bond acceptors (Lipinski definition) is 4. The summed E-state index contributed by atoms with van der Waals surface area (Å²) in [5.41, 5.74) is 8.02. The van der Waals surface area contributed by atoms with E-state index in [4.69, 9.17) is 10.6 Å². The number of carbonyl (C=O) groups is 1. The highest BCUT2D eigenvalue weighted by Crippen LogP contribution is 2.30. The average molecular weight is 408 g/mol. The van der Waals surface area contributed by atoms with Gasteiger partial charge in [-0.05, 0) is 53.4 Å². The summed E-state index contributed by atoms with van der Waals surface area (Å²) >= 11 is 4.82. The second kappa shape index (κ2) is 7.36. The van der Waals surface area contributed by atoms with Crippen LogP contribution in [0.1, 0.15) is 23.8 Å². The molecule has 1 amide bonds. The molecule has 0 radical (unpaired) electrons. The van der Waals surface area contributed by atoms with Crippen LogP contribution in [0.2, 0.25) is 0 Å². The molecule has 1 aliphatic heterocycles. The Labute approximate surface area is 153 Å². The molecule has 1 aromatic carbocycles. The van der Waals surface area contributed by atoms with Crippen LogP contribution in [0.3, 0.4) is 0 Å². The molecule has 0 fully saturated rings. The first-order valence-electron chi connectivity index (χ1n) is 7.66. The number of fused-ring (bicyclic) bond motifs is 1. The molecule has 1 aromatic heterocycles. The molecule has 1 aliphatic rings. The minimum absolute atomic E-state index is 0.112. The summed E-state index contributed by atoms with van der Waals surface area (Å²) in [6.45, 7) is 1.92. The number of amidine groups is 1. The third-order valence-electron chi connectivity index (χ3n) is 3.96. The Kier molecular flexibility index (Phi) is 5.20. The molecule has 0 spiro atoms. The number of hydrogen-bond donors (Lipinski definition) is 1. The molecule has 2 aromatic rings. The monoisotopic (exact) mass is 407 g/mol. The third kappa shape index (κ3) is 3.62. The zero-order valence-corrected chi connectivity index (χ0v) is 15.6. The summed E-state index contributed by atoms with van der Waals surface area (Å²) < 4.78 is 0.940. The van der Waals surface area contributed by atoms with Crippen LogP contribution in [0.5, 0.6) is 0 Å². The van der Waals surface area contributed by atoms with Crippen molar-refractivity contribution in [1.29, 1.82) is 0 Å². The van der Waals surface area contributed by atoms with Crippen molar-refractivity contribution in [3.8, 4) is 0 Å². The van der Waals surface area contributed by atoms with Gasteiger partial charge in [-0.1, -0.05) is 23.4 Å². The molecule has 0 bridgehead atoms. The summed E-state index contributed by atoms with van der Waals surface area (Å²) in [6, 6.07) is 9.99. The smallest absolute Gasteiger partial charge is 0.268 e. The number of aryl methyl sites for hydroxylation is 1. The zero-order valence-electron chi connectivity index (χ0n) is 13.2. The molecule has 1 unspecified atom stereocenters. The molecule has 0 saturated heterocycles. The van der Waals surface area contributed by atoms with E-state index < -0.39 is 0 Å². The van der Waals surface area contributed by atoms with Crippen molar-refractivity contribution in [3.63, 3.8) is 0 Å². The van der Waals surface area contributed by atoms with Gasteiger partial charge in [-0.3, -0.25) is 4.79 Å². The highest BCUT2D eigenvalue weighted by atomic mass is 79.9. The molecule has 1 atom stereocenters. The predicted molar refractivity (Wildman–Crippen MR) is 100 cm³/mol. The molecular formula is C17H18BrN3O2S. The van der Waals surface area contributed by atoms with Crippen LogP contribution in [0.25, 0.3) is 0 Å². The summed E-state index contributed by atoms with van der Waals surface area (Å²) in [4.78, 5) is 20.4. The van der Waals surface area contributed by atoms with Gasteiger partial charge in [-0.15, -0.1) is 11.3 Å². The van der Waals surface area contributed by atoms with Crippen molar-refractivity contribution in [2.45, 2.75) is 25.8 Å². The van der Waals surface area contributed by atoms with Crippen molar-refractivity contribution < 1.29 is 9.63 Å². The van der Waals surface area contributed by atoms with Crippen LogP contribution in [0.4, 0.5) is 5.69 Å². The Morgan fingerprint density at radius 2 is 2.29 bits per heavy atom. The Hall–Kier alpha value is -1.86. The number of oxime groups is 1. The van der Waals surface area contributed by atoms with Gasteiger partial charge in [0.25, 0.3) is 5.91 Å². The maximum Gasteiger partial charge on any atom is 0.268 e. The highest BCUT2D eigenvalue weighted by molar-refractivity contribution is 9.10. The van der Waals surface area contributed by atoms with Crippen molar-refractivity contribution in [2.24, 2.45) is 10.9 Å². The zero-order chi connectivity index (χ0) is 17.1. The van der Waals surface area contributed by atoms with Crippen molar-refractivity contribution in [3.05, 3.63) is 50.6 Å². The van der Waals surface area contributed by atoms with Crippen LogP contribution in [-0.4, -0.2) is 24.4 Å². The lowest BCUT2D eigenvalue weighted by Crippen LogP contribution is -2.43. The third-order valence-corrected chi connectivity index (χ3v) is 5.68. The molecule has 3 rings (SSSR count). The minimum atomic E-state index is -0.133. The van der Waals surface area contributed by atoms with E-state index in [-0.39, 0.29) is 24.4 Å². The van der Waals surface area contributed by atoms with Gasteiger partial charge in [0, 0.05) is 21.6 Å². The van der Waals surface area contributed by atoms with E-state index >= 15 is 0 Å². The quantitative estimate of drug-likeness (QED) is 0.478. The Morgan fingerprint density at radius 3 is 3.04 bits per heavy atom. The molecule has 0 saturated carbocycles. The van der Waals surface area contributed by atoms with Gasteiger partial charge >= 0.3 is 0 Å². The lowest BCUT2D eigenvalue weighted by atomic mass is 9.96. The normalized spacial score (nSPS) is 17.5. The van der Waals surface area contributed by atoms with E-state index in [0.717, 1.165) is 27.9 Å². The topological polar surface area (TPSA) is 67.9 Å². The summed E-state index contributed by atoms with van der Waals surface area (Å²) in [6.07, 6.45) is 1.93. The molecule has 2 N–H and O–H groups in total. The lowest BCUT2D eigenvalue weighted by Gasteiger charge is -2.34.